The lowest BCUT2D eigenvalue weighted by molar-refractivity contribution is 0.205. The van der Waals surface area contributed by atoms with Crippen LogP contribution in [0.4, 0.5) is 5.69 Å². The minimum absolute atomic E-state index is 0.469. The van der Waals surface area contributed by atoms with Gasteiger partial charge in [-0.25, -0.2) is 0 Å². The predicted molar refractivity (Wildman–Crippen MR) is 79.3 cm³/mol. The van der Waals surface area contributed by atoms with E-state index in [1.54, 1.807) is 7.11 Å². The molecule has 1 aliphatic carbocycles. The first-order chi connectivity index (χ1) is 8.63. The van der Waals surface area contributed by atoms with Crippen LogP contribution >= 0.6 is 12.2 Å². The Morgan fingerprint density at radius 3 is 2.78 bits per heavy atom. The van der Waals surface area contributed by atoms with E-state index in [9.17, 15) is 0 Å². The predicted octanol–water partition coefficient (Wildman–Crippen LogP) is 2.24. The molecule has 0 heterocycles. The number of nitrogens with two attached hydrogens (primary N) is 1. The van der Waals surface area contributed by atoms with Gasteiger partial charge in [0, 0.05) is 30.9 Å². The summed E-state index contributed by atoms with van der Waals surface area (Å²) in [6, 6.07) is 6.92. The largest absolute Gasteiger partial charge is 0.389 e. The van der Waals surface area contributed by atoms with Crippen molar-refractivity contribution >= 4 is 22.9 Å². The van der Waals surface area contributed by atoms with Gasteiger partial charge in [-0.1, -0.05) is 23.8 Å². The highest BCUT2D eigenvalue weighted by atomic mass is 32.1. The van der Waals surface area contributed by atoms with Crippen LogP contribution in [0, 0.1) is 6.92 Å². The van der Waals surface area contributed by atoms with Crippen molar-refractivity contribution < 1.29 is 4.74 Å². The van der Waals surface area contributed by atoms with E-state index in [0.717, 1.165) is 24.4 Å². The summed E-state index contributed by atoms with van der Waals surface area (Å²) in [5.41, 5.74) is 9.15. The van der Waals surface area contributed by atoms with Crippen molar-refractivity contribution in [1.82, 2.24) is 0 Å². The lowest BCUT2D eigenvalue weighted by Crippen LogP contribution is -2.31. The Hall–Kier alpha value is -1.13. The van der Waals surface area contributed by atoms with Crippen LogP contribution in [-0.2, 0) is 4.74 Å². The van der Waals surface area contributed by atoms with E-state index in [-0.39, 0.29) is 0 Å². The number of anilines is 1. The molecule has 1 aliphatic rings. The maximum Gasteiger partial charge on any atom is 0.106 e. The summed E-state index contributed by atoms with van der Waals surface area (Å²) in [7, 11) is 1.73. The summed E-state index contributed by atoms with van der Waals surface area (Å²) in [5.74, 6) is 0. The molecule has 1 aromatic rings. The van der Waals surface area contributed by atoms with Crippen molar-refractivity contribution in [3.8, 4) is 0 Å². The van der Waals surface area contributed by atoms with Gasteiger partial charge in [0.1, 0.15) is 4.99 Å². The van der Waals surface area contributed by atoms with Crippen LogP contribution in [-0.4, -0.2) is 31.3 Å². The average Bonchev–Trinajstić information content (AvgIpc) is 3.15. The van der Waals surface area contributed by atoms with E-state index < -0.39 is 0 Å². The van der Waals surface area contributed by atoms with Crippen LogP contribution in [0.15, 0.2) is 18.2 Å². The maximum absolute atomic E-state index is 5.84. The van der Waals surface area contributed by atoms with Gasteiger partial charge in [-0.15, -0.1) is 0 Å². The first-order valence-corrected chi connectivity index (χ1v) is 6.70. The second-order valence-electron chi connectivity index (χ2n) is 4.80. The molecular formula is C14H20N2OS. The van der Waals surface area contributed by atoms with E-state index in [4.69, 9.17) is 22.7 Å². The number of hydrogen-bond acceptors (Lipinski definition) is 3. The monoisotopic (exact) mass is 264 g/mol. The summed E-state index contributed by atoms with van der Waals surface area (Å²) >= 11 is 5.17. The van der Waals surface area contributed by atoms with Crippen LogP contribution < -0.4 is 10.6 Å². The molecule has 0 aliphatic heterocycles. The van der Waals surface area contributed by atoms with E-state index in [0.29, 0.717) is 11.0 Å². The molecule has 1 fully saturated rings. The molecule has 1 aromatic carbocycles. The fourth-order valence-corrected chi connectivity index (χ4v) is 2.34. The van der Waals surface area contributed by atoms with Crippen LogP contribution in [0.5, 0.6) is 0 Å². The zero-order valence-electron chi connectivity index (χ0n) is 11.0. The smallest absolute Gasteiger partial charge is 0.106 e. The molecule has 0 atom stereocenters. The summed E-state index contributed by atoms with van der Waals surface area (Å²) in [4.78, 5) is 2.84. The number of ether oxygens (including phenoxy) is 1. The van der Waals surface area contributed by atoms with Gasteiger partial charge in [-0.3, -0.25) is 0 Å². The Labute approximate surface area is 114 Å². The Kier molecular flexibility index (Phi) is 4.19. The number of nitrogens with zero attached hydrogens (tertiary/aromatic N) is 1. The zero-order chi connectivity index (χ0) is 13.1. The van der Waals surface area contributed by atoms with E-state index in [2.05, 4.69) is 30.0 Å². The van der Waals surface area contributed by atoms with Crippen molar-refractivity contribution in [3.63, 3.8) is 0 Å². The van der Waals surface area contributed by atoms with Crippen molar-refractivity contribution in [2.45, 2.75) is 25.8 Å². The average molecular weight is 264 g/mol. The number of thiocarbonyl (C=S) groups is 1. The quantitative estimate of drug-likeness (QED) is 0.800. The minimum atomic E-state index is 0.469. The van der Waals surface area contributed by atoms with Crippen molar-refractivity contribution in [3.05, 3.63) is 29.3 Å². The lowest BCUT2D eigenvalue weighted by Gasteiger charge is -2.27. The number of aryl methyl sites for hydroxylation is 1. The number of methoxy groups -OCH3 is 1. The van der Waals surface area contributed by atoms with Gasteiger partial charge in [0.2, 0.25) is 0 Å². The highest BCUT2D eigenvalue weighted by Crippen LogP contribution is 2.33. The first-order valence-electron chi connectivity index (χ1n) is 6.29. The normalized spacial score (nSPS) is 14.6. The van der Waals surface area contributed by atoms with Crippen LogP contribution in [0.25, 0.3) is 0 Å². The summed E-state index contributed by atoms with van der Waals surface area (Å²) < 4.78 is 5.19. The van der Waals surface area contributed by atoms with E-state index >= 15 is 0 Å². The molecule has 0 bridgehead atoms. The molecule has 0 spiro atoms. The summed E-state index contributed by atoms with van der Waals surface area (Å²) in [6.45, 7) is 3.67. The molecule has 18 heavy (non-hydrogen) atoms. The van der Waals surface area contributed by atoms with Crippen molar-refractivity contribution in [2.75, 3.05) is 25.2 Å². The number of rotatable bonds is 6. The summed E-state index contributed by atoms with van der Waals surface area (Å²) in [6.07, 6.45) is 2.49. The van der Waals surface area contributed by atoms with Gasteiger partial charge in [0.25, 0.3) is 0 Å². The minimum Gasteiger partial charge on any atom is -0.389 e. The Morgan fingerprint density at radius 1 is 1.50 bits per heavy atom. The van der Waals surface area contributed by atoms with Crippen LogP contribution in [0.2, 0.25) is 0 Å². The van der Waals surface area contributed by atoms with Gasteiger partial charge in [-0.2, -0.15) is 0 Å². The Bertz CT molecular complexity index is 443. The molecule has 98 valence electrons. The molecular weight excluding hydrogens is 244 g/mol. The third-order valence-corrected chi connectivity index (χ3v) is 3.47. The molecule has 0 radical (unpaired) electrons. The highest BCUT2D eigenvalue weighted by molar-refractivity contribution is 7.80. The number of hydrogen-bond donors (Lipinski definition) is 1. The second kappa shape index (κ2) is 5.67. The fraction of sp³-hybridized carbons (Fsp3) is 0.500. The van der Waals surface area contributed by atoms with Crippen molar-refractivity contribution in [2.24, 2.45) is 5.73 Å². The van der Waals surface area contributed by atoms with Gasteiger partial charge < -0.3 is 15.4 Å². The van der Waals surface area contributed by atoms with Gasteiger partial charge in [0.05, 0.1) is 6.61 Å². The molecule has 0 saturated heterocycles. The second-order valence-corrected chi connectivity index (χ2v) is 5.24. The summed E-state index contributed by atoms with van der Waals surface area (Å²) in [5, 5.41) is 0. The molecule has 1 saturated carbocycles. The van der Waals surface area contributed by atoms with Crippen LogP contribution in [0.1, 0.15) is 24.0 Å². The molecule has 2 rings (SSSR count). The Balaban J connectivity index is 2.30. The molecule has 3 nitrogen and oxygen atoms in total. The molecule has 0 amide bonds. The van der Waals surface area contributed by atoms with E-state index in [1.165, 1.54) is 18.4 Å². The SMILES string of the molecule is COCCN(c1ccc(C)cc1C(N)=S)C1CC1. The standard InChI is InChI=1S/C14H20N2OS/c1-10-3-6-13(12(9-10)14(15)18)16(7-8-17-2)11-4-5-11/h3,6,9,11H,4-5,7-8H2,1-2H3,(H2,15,18). The number of benzene rings is 1. The van der Waals surface area contributed by atoms with Gasteiger partial charge in [-0.05, 0) is 31.9 Å². The molecule has 0 unspecified atom stereocenters. The van der Waals surface area contributed by atoms with Gasteiger partial charge >= 0.3 is 0 Å². The van der Waals surface area contributed by atoms with E-state index in [1.807, 2.05) is 0 Å². The zero-order valence-corrected chi connectivity index (χ0v) is 11.8. The fourth-order valence-electron chi connectivity index (χ4n) is 2.17. The van der Waals surface area contributed by atoms with Crippen molar-refractivity contribution in [1.29, 1.82) is 0 Å². The maximum atomic E-state index is 5.84. The highest BCUT2D eigenvalue weighted by Gasteiger charge is 2.30. The third kappa shape index (κ3) is 3.00. The molecule has 4 heteroatoms. The topological polar surface area (TPSA) is 38.5 Å². The van der Waals surface area contributed by atoms with Crippen LogP contribution in [0.3, 0.4) is 0 Å². The Morgan fingerprint density at radius 2 is 2.22 bits per heavy atom. The first kappa shape index (κ1) is 13.3. The van der Waals surface area contributed by atoms with Gasteiger partial charge in [0.15, 0.2) is 0 Å². The molecule has 0 aromatic heterocycles. The molecule has 2 N–H and O–H groups in total. The lowest BCUT2D eigenvalue weighted by atomic mass is 10.1. The third-order valence-electron chi connectivity index (χ3n) is 3.25.